The average molecular weight is 501 g/mol. The van der Waals surface area contributed by atoms with Gasteiger partial charge in [0, 0.05) is 24.3 Å². The van der Waals surface area contributed by atoms with Crippen molar-refractivity contribution in [2.75, 3.05) is 42.7 Å². The van der Waals surface area contributed by atoms with E-state index in [1.54, 1.807) is 42.7 Å². The third-order valence-corrected chi connectivity index (χ3v) is 6.29. The highest BCUT2D eigenvalue weighted by molar-refractivity contribution is 5.89. The predicted octanol–water partition coefficient (Wildman–Crippen LogP) is 7.05. The van der Waals surface area contributed by atoms with Gasteiger partial charge in [-0.3, -0.25) is 0 Å². The second-order valence-corrected chi connectivity index (χ2v) is 8.48. The molecule has 6 heteroatoms. The van der Waals surface area contributed by atoms with E-state index in [1.807, 2.05) is 24.3 Å². The lowest BCUT2D eigenvalue weighted by Crippen LogP contribution is -1.98. The molecule has 6 nitrogen and oxygen atoms in total. The molecule has 0 spiro atoms. The van der Waals surface area contributed by atoms with Crippen LogP contribution in [0.15, 0.2) is 66.7 Å². The van der Waals surface area contributed by atoms with Crippen molar-refractivity contribution in [1.29, 1.82) is 0 Å². The van der Waals surface area contributed by atoms with Gasteiger partial charge in [0.15, 0.2) is 0 Å². The largest absolute Gasteiger partial charge is 0.496 e. The Morgan fingerprint density at radius 2 is 0.811 bits per heavy atom. The fraction of sp³-hybridized carbons (Fsp3) is 0.226. The van der Waals surface area contributed by atoms with Gasteiger partial charge in [-0.15, -0.1) is 0 Å². The fourth-order valence-corrected chi connectivity index (χ4v) is 4.49. The van der Waals surface area contributed by atoms with Gasteiger partial charge in [-0.05, 0) is 47.4 Å². The van der Waals surface area contributed by atoms with E-state index in [0.717, 1.165) is 33.4 Å². The van der Waals surface area contributed by atoms with Crippen LogP contribution in [0, 0.1) is 6.92 Å². The van der Waals surface area contributed by atoms with E-state index in [-0.39, 0.29) is 0 Å². The number of hydrogen-bond donors (Lipinski definition) is 0. The molecule has 0 N–H and O–H groups in total. The number of methoxy groups -OCH3 is 6. The van der Waals surface area contributed by atoms with Crippen LogP contribution in [0.4, 0.5) is 0 Å². The lowest BCUT2D eigenvalue weighted by atomic mass is 9.91. The number of hydrogen-bond acceptors (Lipinski definition) is 6. The van der Waals surface area contributed by atoms with Gasteiger partial charge < -0.3 is 28.4 Å². The number of rotatable bonds is 9. The van der Waals surface area contributed by atoms with Gasteiger partial charge in [0.05, 0.1) is 53.8 Å². The van der Waals surface area contributed by atoms with Crippen molar-refractivity contribution in [3.05, 3.63) is 72.3 Å². The highest BCUT2D eigenvalue weighted by atomic mass is 16.5. The molecule has 192 valence electrons. The summed E-state index contributed by atoms with van der Waals surface area (Å²) in [5.74, 6) is 3.83. The summed E-state index contributed by atoms with van der Waals surface area (Å²) in [7, 11) is 9.79. The summed E-state index contributed by atoms with van der Waals surface area (Å²) in [6.45, 7) is 2.08. The molecule has 0 bridgehead atoms. The van der Waals surface area contributed by atoms with Crippen molar-refractivity contribution in [2.45, 2.75) is 6.92 Å². The topological polar surface area (TPSA) is 55.4 Å². The van der Waals surface area contributed by atoms with Crippen molar-refractivity contribution in [3.63, 3.8) is 0 Å². The van der Waals surface area contributed by atoms with E-state index >= 15 is 0 Å². The summed E-state index contributed by atoms with van der Waals surface area (Å²) in [4.78, 5) is 0. The maximum absolute atomic E-state index is 5.79. The van der Waals surface area contributed by atoms with Crippen molar-refractivity contribution in [1.82, 2.24) is 0 Å². The van der Waals surface area contributed by atoms with Crippen LogP contribution in [0.3, 0.4) is 0 Å². The minimum atomic E-state index is 0.636. The fourth-order valence-electron chi connectivity index (χ4n) is 4.49. The maximum Gasteiger partial charge on any atom is 0.134 e. The molecule has 0 aliphatic carbocycles. The van der Waals surface area contributed by atoms with Gasteiger partial charge in [-0.2, -0.15) is 0 Å². The van der Waals surface area contributed by atoms with E-state index in [1.165, 1.54) is 5.56 Å². The Labute approximate surface area is 218 Å². The summed E-state index contributed by atoms with van der Waals surface area (Å²) in [6.07, 6.45) is 0. The quantitative estimate of drug-likeness (QED) is 0.246. The maximum atomic E-state index is 5.79. The van der Waals surface area contributed by atoms with Crippen LogP contribution >= 0.6 is 0 Å². The average Bonchev–Trinajstić information content (AvgIpc) is 2.95. The summed E-state index contributed by atoms with van der Waals surface area (Å²) >= 11 is 0. The molecule has 4 aromatic carbocycles. The number of aryl methyl sites for hydroxylation is 1. The molecule has 37 heavy (non-hydrogen) atoms. The molecule has 0 saturated carbocycles. The van der Waals surface area contributed by atoms with Gasteiger partial charge in [-0.1, -0.05) is 29.8 Å². The first kappa shape index (κ1) is 25.8. The zero-order chi connectivity index (χ0) is 26.5. The molecular weight excluding hydrogens is 468 g/mol. The molecule has 0 saturated heterocycles. The molecule has 0 amide bonds. The van der Waals surface area contributed by atoms with Crippen LogP contribution < -0.4 is 28.4 Å². The summed E-state index contributed by atoms with van der Waals surface area (Å²) in [5.41, 5.74) is 6.72. The molecule has 0 aromatic heterocycles. The van der Waals surface area contributed by atoms with Crippen LogP contribution in [-0.2, 0) is 0 Å². The molecule has 4 rings (SSSR count). The third kappa shape index (κ3) is 5.14. The second-order valence-electron chi connectivity index (χ2n) is 8.48. The number of benzene rings is 4. The van der Waals surface area contributed by atoms with Crippen LogP contribution in [0.5, 0.6) is 34.5 Å². The van der Waals surface area contributed by atoms with E-state index in [0.29, 0.717) is 34.5 Å². The Hall–Kier alpha value is -4.32. The Morgan fingerprint density at radius 3 is 1.16 bits per heavy atom. The molecule has 0 aliphatic heterocycles. The third-order valence-electron chi connectivity index (χ3n) is 6.29. The van der Waals surface area contributed by atoms with Crippen LogP contribution in [0.1, 0.15) is 5.56 Å². The normalized spacial score (nSPS) is 10.6. The lowest BCUT2D eigenvalue weighted by molar-refractivity contribution is 0.377. The summed E-state index contributed by atoms with van der Waals surface area (Å²) < 4.78 is 34.1. The predicted molar refractivity (Wildman–Crippen MR) is 147 cm³/mol. The summed E-state index contributed by atoms with van der Waals surface area (Å²) in [5, 5.41) is 0. The van der Waals surface area contributed by atoms with Crippen LogP contribution in [0.2, 0.25) is 0 Å². The molecule has 4 aromatic rings. The van der Waals surface area contributed by atoms with Gasteiger partial charge in [0.1, 0.15) is 34.5 Å². The number of ether oxygens (including phenoxy) is 6. The minimum absolute atomic E-state index is 0.636. The Morgan fingerprint density at radius 1 is 0.405 bits per heavy atom. The summed E-state index contributed by atoms with van der Waals surface area (Å²) in [6, 6.07) is 22.2. The van der Waals surface area contributed by atoms with Crippen LogP contribution in [-0.4, -0.2) is 42.7 Å². The van der Waals surface area contributed by atoms with E-state index < -0.39 is 0 Å². The highest BCUT2D eigenvalue weighted by Crippen LogP contribution is 2.47. The van der Waals surface area contributed by atoms with Crippen molar-refractivity contribution < 1.29 is 28.4 Å². The van der Waals surface area contributed by atoms with Crippen LogP contribution in [0.25, 0.3) is 33.4 Å². The first-order valence-corrected chi connectivity index (χ1v) is 11.8. The molecule has 0 heterocycles. The monoisotopic (exact) mass is 500 g/mol. The van der Waals surface area contributed by atoms with Crippen molar-refractivity contribution >= 4 is 0 Å². The molecule has 0 unspecified atom stereocenters. The second kappa shape index (κ2) is 11.2. The van der Waals surface area contributed by atoms with Crippen molar-refractivity contribution in [3.8, 4) is 67.9 Å². The zero-order valence-corrected chi connectivity index (χ0v) is 22.3. The SMILES string of the molecule is COc1cc(OC)c(-c2cc(-c3cccc(C)c3)cc(-c3c(OC)cc(OC)cc3OC)c2)c(OC)c1. The Kier molecular flexibility index (Phi) is 7.77. The standard InChI is InChI=1S/C31H32O6/c1-19-9-8-10-20(11-19)21-12-22(30-26(34-4)15-24(32-2)16-27(30)35-5)14-23(13-21)31-28(36-6)17-25(33-3)18-29(31)37-7/h8-18H,1-7H3. The smallest absolute Gasteiger partial charge is 0.134 e. The van der Waals surface area contributed by atoms with E-state index in [2.05, 4.69) is 49.4 Å². The Balaban J connectivity index is 2.08. The van der Waals surface area contributed by atoms with Crippen molar-refractivity contribution in [2.24, 2.45) is 0 Å². The molecule has 0 atom stereocenters. The first-order valence-electron chi connectivity index (χ1n) is 11.8. The van der Waals surface area contributed by atoms with Gasteiger partial charge in [0.2, 0.25) is 0 Å². The molecule has 0 aliphatic rings. The van der Waals surface area contributed by atoms with E-state index in [9.17, 15) is 0 Å². The highest BCUT2D eigenvalue weighted by Gasteiger charge is 2.21. The van der Waals surface area contributed by atoms with Gasteiger partial charge in [-0.25, -0.2) is 0 Å². The van der Waals surface area contributed by atoms with Gasteiger partial charge >= 0.3 is 0 Å². The molecular formula is C31H32O6. The zero-order valence-electron chi connectivity index (χ0n) is 22.3. The minimum Gasteiger partial charge on any atom is -0.496 e. The lowest BCUT2D eigenvalue weighted by Gasteiger charge is -2.19. The first-order chi connectivity index (χ1) is 18.0. The Bertz CT molecular complexity index is 1280. The molecule has 0 fully saturated rings. The van der Waals surface area contributed by atoms with E-state index in [4.69, 9.17) is 28.4 Å². The molecule has 0 radical (unpaired) electrons. The van der Waals surface area contributed by atoms with Gasteiger partial charge in [0.25, 0.3) is 0 Å².